The average Bonchev–Trinajstić information content (AvgIpc) is 3.17. The van der Waals surface area contributed by atoms with Crippen LogP contribution in [0.3, 0.4) is 0 Å². The predicted molar refractivity (Wildman–Crippen MR) is 111 cm³/mol. The van der Waals surface area contributed by atoms with E-state index in [0.717, 1.165) is 18.7 Å². The van der Waals surface area contributed by atoms with Crippen molar-refractivity contribution in [3.63, 3.8) is 0 Å². The van der Waals surface area contributed by atoms with E-state index in [0.29, 0.717) is 48.9 Å². The Morgan fingerprint density at radius 3 is 2.90 bits per heavy atom. The number of carbonyl (C=O) groups excluding carboxylic acids is 1. The lowest BCUT2D eigenvalue weighted by atomic mass is 9.98. The second kappa shape index (κ2) is 7.87. The minimum Gasteiger partial charge on any atom is -0.326 e. The summed E-state index contributed by atoms with van der Waals surface area (Å²) in [6.07, 6.45) is 3.59. The molecule has 29 heavy (non-hydrogen) atoms. The number of sulfonamides is 1. The largest absolute Gasteiger partial charge is 0.326 e. The fraction of sp³-hybridized carbons (Fsp3) is 0.550. The van der Waals surface area contributed by atoms with Crippen LogP contribution in [0.15, 0.2) is 23.0 Å². The molecule has 9 heteroatoms. The zero-order valence-electron chi connectivity index (χ0n) is 16.6. The molecule has 2 aliphatic rings. The molecule has 2 aliphatic heterocycles. The first kappa shape index (κ1) is 20.0. The molecule has 0 spiro atoms. The molecule has 1 atom stereocenters. The van der Waals surface area contributed by atoms with Gasteiger partial charge in [-0.3, -0.25) is 14.2 Å². The summed E-state index contributed by atoms with van der Waals surface area (Å²) < 4.78 is 27.8. The normalized spacial score (nSPS) is 20.0. The summed E-state index contributed by atoms with van der Waals surface area (Å²) in [5.41, 5.74) is 1.09. The van der Waals surface area contributed by atoms with Crippen LogP contribution in [-0.2, 0) is 27.8 Å². The molecule has 0 aliphatic carbocycles. The van der Waals surface area contributed by atoms with Gasteiger partial charge in [0.2, 0.25) is 15.9 Å². The number of piperidine rings is 1. The number of aromatic nitrogens is 2. The number of anilines is 1. The molecular weight excluding hydrogens is 392 g/mol. The van der Waals surface area contributed by atoms with Crippen LogP contribution in [0.4, 0.5) is 5.69 Å². The third-order valence-corrected chi connectivity index (χ3v) is 7.74. The van der Waals surface area contributed by atoms with E-state index in [4.69, 9.17) is 0 Å². The van der Waals surface area contributed by atoms with Gasteiger partial charge in [0, 0.05) is 31.7 Å². The first-order valence-corrected chi connectivity index (χ1v) is 11.8. The Hall–Kier alpha value is -2.26. The van der Waals surface area contributed by atoms with Gasteiger partial charge >= 0.3 is 0 Å². The van der Waals surface area contributed by atoms with E-state index in [-0.39, 0.29) is 23.8 Å². The summed E-state index contributed by atoms with van der Waals surface area (Å²) in [7, 11) is -3.31. The molecule has 156 valence electrons. The SMILES string of the molecule is CCCS(=O)(=O)N1CCC[C@H](C(=O)Nc2ccc3nc4n(c(=O)c3c2)CCC4)C1. The topological polar surface area (TPSA) is 101 Å². The molecule has 3 heterocycles. The maximum absolute atomic E-state index is 12.8. The van der Waals surface area contributed by atoms with Crippen LogP contribution in [0.5, 0.6) is 0 Å². The molecule has 1 aromatic heterocycles. The highest BCUT2D eigenvalue weighted by molar-refractivity contribution is 7.89. The number of aryl methyl sites for hydroxylation is 1. The lowest BCUT2D eigenvalue weighted by Gasteiger charge is -2.31. The molecule has 1 aromatic carbocycles. The summed E-state index contributed by atoms with van der Waals surface area (Å²) in [6, 6.07) is 5.17. The van der Waals surface area contributed by atoms with Crippen molar-refractivity contribution < 1.29 is 13.2 Å². The van der Waals surface area contributed by atoms with E-state index in [1.807, 2.05) is 6.92 Å². The number of fused-ring (bicyclic) bond motifs is 2. The molecule has 1 fully saturated rings. The second-order valence-corrected chi connectivity index (χ2v) is 9.91. The standard InChI is InChI=1S/C20H26N4O4S/c1-2-11-29(27,28)23-9-3-5-14(13-23)19(25)21-15-7-8-17-16(12-15)20(26)24-10-4-6-18(24)22-17/h7-8,12,14H,2-6,9-11,13H2,1H3,(H,21,25)/t14-/m0/s1. The molecule has 8 nitrogen and oxygen atoms in total. The monoisotopic (exact) mass is 418 g/mol. The van der Waals surface area contributed by atoms with Gasteiger partial charge in [0.05, 0.1) is 22.6 Å². The van der Waals surface area contributed by atoms with Gasteiger partial charge in [0.1, 0.15) is 5.82 Å². The lowest BCUT2D eigenvalue weighted by Crippen LogP contribution is -2.44. The van der Waals surface area contributed by atoms with Gasteiger partial charge in [0.15, 0.2) is 0 Å². The third kappa shape index (κ3) is 3.93. The Morgan fingerprint density at radius 1 is 1.28 bits per heavy atom. The van der Waals surface area contributed by atoms with E-state index in [1.165, 1.54) is 4.31 Å². The summed E-state index contributed by atoms with van der Waals surface area (Å²) in [4.78, 5) is 30.0. The average molecular weight is 419 g/mol. The van der Waals surface area contributed by atoms with Crippen molar-refractivity contribution in [1.29, 1.82) is 0 Å². The highest BCUT2D eigenvalue weighted by Crippen LogP contribution is 2.23. The Balaban J connectivity index is 1.52. The maximum Gasteiger partial charge on any atom is 0.261 e. The molecule has 2 aromatic rings. The third-order valence-electron chi connectivity index (χ3n) is 5.69. The second-order valence-electron chi connectivity index (χ2n) is 7.82. The van der Waals surface area contributed by atoms with Crippen molar-refractivity contribution in [2.24, 2.45) is 5.92 Å². The number of nitrogens with zero attached hydrogens (tertiary/aromatic N) is 3. The van der Waals surface area contributed by atoms with Crippen LogP contribution in [0.1, 0.15) is 38.4 Å². The van der Waals surface area contributed by atoms with E-state index in [9.17, 15) is 18.0 Å². The minimum atomic E-state index is -3.31. The van der Waals surface area contributed by atoms with E-state index < -0.39 is 15.9 Å². The number of rotatable bonds is 5. The predicted octanol–water partition coefficient (Wildman–Crippen LogP) is 1.73. The van der Waals surface area contributed by atoms with Gasteiger partial charge in [-0.1, -0.05) is 6.92 Å². The van der Waals surface area contributed by atoms with Crippen LogP contribution < -0.4 is 10.9 Å². The van der Waals surface area contributed by atoms with Crippen LogP contribution in [0.2, 0.25) is 0 Å². The molecule has 4 rings (SSSR count). The van der Waals surface area contributed by atoms with Crippen LogP contribution in [-0.4, -0.2) is 47.0 Å². The van der Waals surface area contributed by atoms with Gasteiger partial charge in [-0.2, -0.15) is 0 Å². The molecule has 0 bridgehead atoms. The van der Waals surface area contributed by atoms with Crippen molar-refractivity contribution in [3.05, 3.63) is 34.4 Å². The summed E-state index contributed by atoms with van der Waals surface area (Å²) in [5.74, 6) is 0.308. The number of hydrogen-bond donors (Lipinski definition) is 1. The van der Waals surface area contributed by atoms with Crippen LogP contribution >= 0.6 is 0 Å². The smallest absolute Gasteiger partial charge is 0.261 e. The van der Waals surface area contributed by atoms with Crippen molar-refractivity contribution >= 4 is 32.5 Å². The number of nitrogens with one attached hydrogen (secondary N) is 1. The number of benzene rings is 1. The molecule has 0 radical (unpaired) electrons. The Kier molecular flexibility index (Phi) is 5.44. The molecular formula is C20H26N4O4S. The fourth-order valence-electron chi connectivity index (χ4n) is 4.20. The van der Waals surface area contributed by atoms with E-state index in [2.05, 4.69) is 10.3 Å². The Morgan fingerprint density at radius 2 is 2.10 bits per heavy atom. The van der Waals surface area contributed by atoms with Crippen molar-refractivity contribution in [1.82, 2.24) is 13.9 Å². The Labute approximate surface area is 170 Å². The van der Waals surface area contributed by atoms with Crippen molar-refractivity contribution in [3.8, 4) is 0 Å². The minimum absolute atomic E-state index is 0.0758. The number of carbonyl (C=O) groups is 1. The van der Waals surface area contributed by atoms with Gasteiger partial charge < -0.3 is 5.32 Å². The molecule has 1 saturated heterocycles. The first-order valence-electron chi connectivity index (χ1n) is 10.2. The number of amides is 1. The van der Waals surface area contributed by atoms with Gasteiger partial charge in [-0.25, -0.2) is 17.7 Å². The van der Waals surface area contributed by atoms with Crippen LogP contribution in [0, 0.1) is 5.92 Å². The first-order chi connectivity index (χ1) is 13.9. The summed E-state index contributed by atoms with van der Waals surface area (Å²) >= 11 is 0. The Bertz CT molecular complexity index is 1110. The zero-order chi connectivity index (χ0) is 20.6. The van der Waals surface area contributed by atoms with Crippen molar-refractivity contribution in [2.75, 3.05) is 24.2 Å². The summed E-state index contributed by atoms with van der Waals surface area (Å²) in [6.45, 7) is 3.19. The zero-order valence-corrected chi connectivity index (χ0v) is 17.4. The van der Waals surface area contributed by atoms with Gasteiger partial charge in [0.25, 0.3) is 5.56 Å². The molecule has 0 unspecified atom stereocenters. The summed E-state index contributed by atoms with van der Waals surface area (Å²) in [5, 5.41) is 3.36. The maximum atomic E-state index is 12.8. The molecule has 0 saturated carbocycles. The quantitative estimate of drug-likeness (QED) is 0.797. The highest BCUT2D eigenvalue weighted by atomic mass is 32.2. The van der Waals surface area contributed by atoms with E-state index >= 15 is 0 Å². The molecule has 1 N–H and O–H groups in total. The van der Waals surface area contributed by atoms with E-state index in [1.54, 1.807) is 22.8 Å². The lowest BCUT2D eigenvalue weighted by molar-refractivity contribution is -0.120. The van der Waals surface area contributed by atoms with Gasteiger partial charge in [-0.05, 0) is 43.9 Å². The van der Waals surface area contributed by atoms with Crippen LogP contribution in [0.25, 0.3) is 10.9 Å². The number of hydrogen-bond acceptors (Lipinski definition) is 5. The molecule has 1 amide bonds. The van der Waals surface area contributed by atoms with Crippen molar-refractivity contribution in [2.45, 2.75) is 45.6 Å². The highest BCUT2D eigenvalue weighted by Gasteiger charge is 2.32. The fourth-order valence-corrected chi connectivity index (χ4v) is 5.79. The van der Waals surface area contributed by atoms with Gasteiger partial charge in [-0.15, -0.1) is 0 Å².